The highest BCUT2D eigenvalue weighted by atomic mass is 79.9. The van der Waals surface area contributed by atoms with Gasteiger partial charge in [-0.25, -0.2) is 4.98 Å². The Morgan fingerprint density at radius 2 is 2.00 bits per heavy atom. The van der Waals surface area contributed by atoms with Crippen molar-refractivity contribution in [3.63, 3.8) is 0 Å². The fourth-order valence-corrected chi connectivity index (χ4v) is 4.39. The third-order valence-corrected chi connectivity index (χ3v) is 5.90. The number of fused-ring (bicyclic) bond motifs is 1. The molecule has 0 saturated carbocycles. The average molecular weight is 456 g/mol. The van der Waals surface area contributed by atoms with E-state index in [1.54, 1.807) is 12.1 Å². The molecule has 0 radical (unpaired) electrons. The Labute approximate surface area is 175 Å². The number of hydrogen-bond acceptors (Lipinski definition) is 4. The van der Waals surface area contributed by atoms with Crippen molar-refractivity contribution in [2.45, 2.75) is 19.3 Å². The van der Waals surface area contributed by atoms with E-state index in [1.807, 2.05) is 40.6 Å². The second-order valence-corrected chi connectivity index (χ2v) is 8.34. The number of carbonyl (C=O) groups excluding carboxylic acids is 2. The third-order valence-electron chi connectivity index (χ3n) is 4.60. The van der Waals surface area contributed by atoms with E-state index >= 15 is 0 Å². The second-order valence-electron chi connectivity index (χ2n) is 6.56. The SMILES string of the molecule is O=C(Nc1nc(CC(=O)N2CCCc3cc(Br)ccc32)cs1)c1ccccc1. The van der Waals surface area contributed by atoms with E-state index in [0.717, 1.165) is 29.5 Å². The zero-order chi connectivity index (χ0) is 19.5. The second kappa shape index (κ2) is 8.24. The van der Waals surface area contributed by atoms with Gasteiger partial charge in [0.2, 0.25) is 5.91 Å². The highest BCUT2D eigenvalue weighted by Gasteiger charge is 2.23. The number of amides is 2. The Morgan fingerprint density at radius 1 is 1.18 bits per heavy atom. The van der Waals surface area contributed by atoms with Gasteiger partial charge in [-0.1, -0.05) is 34.1 Å². The molecule has 0 atom stereocenters. The number of rotatable bonds is 4. The number of benzene rings is 2. The molecule has 0 saturated heterocycles. The number of aryl methyl sites for hydroxylation is 1. The van der Waals surface area contributed by atoms with Crippen LogP contribution < -0.4 is 10.2 Å². The minimum Gasteiger partial charge on any atom is -0.312 e. The summed E-state index contributed by atoms with van der Waals surface area (Å²) in [5.74, 6) is -0.183. The predicted octanol–water partition coefficient (Wildman–Crippen LogP) is 4.68. The van der Waals surface area contributed by atoms with Gasteiger partial charge >= 0.3 is 0 Å². The standard InChI is InChI=1S/C21H18BrN3O2S/c22-16-8-9-18-15(11-16)7-4-10-25(18)19(26)12-17-13-28-21(23-17)24-20(27)14-5-2-1-3-6-14/h1-3,5-6,8-9,11,13H,4,7,10,12H2,(H,23,24,27). The normalized spacial score (nSPS) is 13.1. The summed E-state index contributed by atoms with van der Waals surface area (Å²) < 4.78 is 1.03. The lowest BCUT2D eigenvalue weighted by atomic mass is 10.0. The van der Waals surface area contributed by atoms with Gasteiger partial charge in [0.15, 0.2) is 5.13 Å². The van der Waals surface area contributed by atoms with Crippen LogP contribution in [0.4, 0.5) is 10.8 Å². The Morgan fingerprint density at radius 3 is 2.82 bits per heavy atom. The number of halogens is 1. The summed E-state index contributed by atoms with van der Waals surface area (Å²) in [6.45, 7) is 0.717. The number of nitrogens with zero attached hydrogens (tertiary/aromatic N) is 2. The number of anilines is 2. The molecule has 1 aliphatic heterocycles. The van der Waals surface area contributed by atoms with Crippen molar-refractivity contribution in [2.75, 3.05) is 16.8 Å². The van der Waals surface area contributed by atoms with E-state index in [-0.39, 0.29) is 18.2 Å². The summed E-state index contributed by atoms with van der Waals surface area (Å²) in [7, 11) is 0. The fraction of sp³-hybridized carbons (Fsp3) is 0.190. The average Bonchev–Trinajstić information content (AvgIpc) is 3.14. The molecule has 2 aromatic carbocycles. The Bertz CT molecular complexity index is 1020. The molecule has 28 heavy (non-hydrogen) atoms. The van der Waals surface area contributed by atoms with Crippen LogP contribution in [0.3, 0.4) is 0 Å². The molecule has 1 aliphatic rings. The zero-order valence-corrected chi connectivity index (χ0v) is 17.4. The van der Waals surface area contributed by atoms with Crippen LogP contribution >= 0.6 is 27.3 Å². The topological polar surface area (TPSA) is 62.3 Å². The van der Waals surface area contributed by atoms with Gasteiger partial charge in [0.05, 0.1) is 12.1 Å². The summed E-state index contributed by atoms with van der Waals surface area (Å²) >= 11 is 4.82. The maximum atomic E-state index is 12.9. The molecule has 4 rings (SSSR count). The Balaban J connectivity index is 1.43. The van der Waals surface area contributed by atoms with Crippen molar-refractivity contribution in [3.05, 3.63) is 75.2 Å². The first kappa shape index (κ1) is 18.8. The van der Waals surface area contributed by atoms with Gasteiger partial charge in [0, 0.05) is 27.6 Å². The van der Waals surface area contributed by atoms with Gasteiger partial charge in [-0.05, 0) is 48.7 Å². The maximum absolute atomic E-state index is 12.9. The van der Waals surface area contributed by atoms with Crippen molar-refractivity contribution >= 4 is 49.9 Å². The van der Waals surface area contributed by atoms with Crippen LogP contribution in [0.25, 0.3) is 0 Å². The molecule has 5 nitrogen and oxygen atoms in total. The lowest BCUT2D eigenvalue weighted by Gasteiger charge is -2.29. The molecule has 0 aliphatic carbocycles. The first-order valence-corrected chi connectivity index (χ1v) is 10.7. The summed E-state index contributed by atoms with van der Waals surface area (Å²) in [5, 5.41) is 5.12. The Kier molecular flexibility index (Phi) is 5.54. The summed E-state index contributed by atoms with van der Waals surface area (Å²) in [6.07, 6.45) is 2.14. The van der Waals surface area contributed by atoms with Gasteiger partial charge in [0.1, 0.15) is 0 Å². The van der Waals surface area contributed by atoms with Crippen LogP contribution in [0, 0.1) is 0 Å². The summed E-state index contributed by atoms with van der Waals surface area (Å²) in [4.78, 5) is 31.3. The number of thiazole rings is 1. The predicted molar refractivity (Wildman–Crippen MR) is 115 cm³/mol. The number of aromatic nitrogens is 1. The van der Waals surface area contributed by atoms with Gasteiger partial charge in [-0.3, -0.25) is 14.9 Å². The van der Waals surface area contributed by atoms with E-state index in [0.29, 0.717) is 16.4 Å². The van der Waals surface area contributed by atoms with Gasteiger partial charge in [-0.2, -0.15) is 0 Å². The molecule has 142 valence electrons. The van der Waals surface area contributed by atoms with Crippen LogP contribution in [0.5, 0.6) is 0 Å². The Hall–Kier alpha value is -2.51. The van der Waals surface area contributed by atoms with Crippen molar-refractivity contribution in [2.24, 2.45) is 0 Å². The van der Waals surface area contributed by atoms with Gasteiger partial charge in [0.25, 0.3) is 5.91 Å². The molecule has 2 amide bonds. The van der Waals surface area contributed by atoms with E-state index in [9.17, 15) is 9.59 Å². The molecule has 0 bridgehead atoms. The molecule has 1 N–H and O–H groups in total. The van der Waals surface area contributed by atoms with Crippen LogP contribution in [0.2, 0.25) is 0 Å². The van der Waals surface area contributed by atoms with E-state index in [4.69, 9.17) is 0 Å². The van der Waals surface area contributed by atoms with Crippen LogP contribution in [0.15, 0.2) is 58.4 Å². The quantitative estimate of drug-likeness (QED) is 0.620. The van der Waals surface area contributed by atoms with Crippen molar-refractivity contribution < 1.29 is 9.59 Å². The lowest BCUT2D eigenvalue weighted by molar-refractivity contribution is -0.118. The summed E-state index contributed by atoms with van der Waals surface area (Å²) in [6, 6.07) is 15.0. The van der Waals surface area contributed by atoms with E-state index in [1.165, 1.54) is 16.9 Å². The lowest BCUT2D eigenvalue weighted by Crippen LogP contribution is -2.36. The fourth-order valence-electron chi connectivity index (χ4n) is 3.28. The monoisotopic (exact) mass is 455 g/mol. The van der Waals surface area contributed by atoms with E-state index in [2.05, 4.69) is 32.3 Å². The maximum Gasteiger partial charge on any atom is 0.257 e. The molecular weight excluding hydrogens is 438 g/mol. The van der Waals surface area contributed by atoms with Crippen molar-refractivity contribution in [3.8, 4) is 0 Å². The molecule has 2 heterocycles. The number of carbonyl (C=O) groups is 2. The molecule has 0 fully saturated rings. The minimum absolute atomic E-state index is 0.0227. The molecule has 7 heteroatoms. The van der Waals surface area contributed by atoms with Crippen molar-refractivity contribution in [1.82, 2.24) is 4.98 Å². The van der Waals surface area contributed by atoms with E-state index < -0.39 is 0 Å². The minimum atomic E-state index is -0.205. The molecule has 1 aromatic heterocycles. The molecule has 3 aromatic rings. The van der Waals surface area contributed by atoms with Gasteiger partial charge in [-0.15, -0.1) is 11.3 Å². The highest BCUT2D eigenvalue weighted by molar-refractivity contribution is 9.10. The van der Waals surface area contributed by atoms with Crippen molar-refractivity contribution in [1.29, 1.82) is 0 Å². The number of nitrogens with one attached hydrogen (secondary N) is 1. The zero-order valence-electron chi connectivity index (χ0n) is 15.0. The first-order chi connectivity index (χ1) is 13.6. The van der Waals surface area contributed by atoms with Gasteiger partial charge < -0.3 is 4.90 Å². The molecular formula is C21H18BrN3O2S. The van der Waals surface area contributed by atoms with Crippen LogP contribution in [-0.4, -0.2) is 23.3 Å². The van der Waals surface area contributed by atoms with Crippen LogP contribution in [0.1, 0.15) is 28.0 Å². The summed E-state index contributed by atoms with van der Waals surface area (Å²) in [5.41, 5.74) is 3.41. The third kappa shape index (κ3) is 4.15. The van der Waals surface area contributed by atoms with Crippen LogP contribution in [-0.2, 0) is 17.6 Å². The molecule has 0 unspecified atom stereocenters. The first-order valence-electron chi connectivity index (χ1n) is 9.00. The highest BCUT2D eigenvalue weighted by Crippen LogP contribution is 2.30. The smallest absolute Gasteiger partial charge is 0.257 e. The number of hydrogen-bond donors (Lipinski definition) is 1. The molecule has 0 spiro atoms. The largest absolute Gasteiger partial charge is 0.312 e.